The summed E-state index contributed by atoms with van der Waals surface area (Å²) in [6, 6.07) is 6.84. The number of thioether (sulfide) groups is 1. The number of benzene rings is 1. The van der Waals surface area contributed by atoms with E-state index in [9.17, 15) is 9.18 Å². The monoisotopic (exact) mass is 392 g/mol. The number of hydrogen-bond donors (Lipinski definition) is 0. The van der Waals surface area contributed by atoms with Crippen LogP contribution in [0.15, 0.2) is 29.4 Å². The van der Waals surface area contributed by atoms with Crippen molar-refractivity contribution < 1.29 is 9.18 Å². The normalized spacial score (nSPS) is 15.5. The summed E-state index contributed by atoms with van der Waals surface area (Å²) >= 11 is 1.38. The van der Waals surface area contributed by atoms with E-state index in [1.807, 2.05) is 17.0 Å². The average Bonchev–Trinajstić information content (AvgIpc) is 3.08. The third kappa shape index (κ3) is 5.49. The highest BCUT2D eigenvalue weighted by Crippen LogP contribution is 2.17. The molecule has 0 aliphatic carbocycles. The zero-order valence-corrected chi connectivity index (χ0v) is 16.5. The topological polar surface area (TPSA) is 67.2 Å². The number of rotatable bonds is 7. The molecule has 1 aromatic heterocycles. The third-order valence-corrected chi connectivity index (χ3v) is 5.38. The second-order valence-corrected chi connectivity index (χ2v) is 8.02. The van der Waals surface area contributed by atoms with Crippen LogP contribution in [0.2, 0.25) is 0 Å². The van der Waals surface area contributed by atoms with Crippen LogP contribution in [0, 0.1) is 11.7 Å². The highest BCUT2D eigenvalue weighted by Gasteiger charge is 2.22. The highest BCUT2D eigenvalue weighted by molar-refractivity contribution is 7.99. The summed E-state index contributed by atoms with van der Waals surface area (Å²) in [5.41, 5.74) is 0.699. The second kappa shape index (κ2) is 9.27. The molecule has 146 valence electrons. The first-order valence-corrected chi connectivity index (χ1v) is 10.1. The fraction of sp³-hybridized carbons (Fsp3) is 0.556. The Morgan fingerprint density at radius 1 is 1.22 bits per heavy atom. The van der Waals surface area contributed by atoms with Crippen molar-refractivity contribution in [2.24, 2.45) is 5.92 Å². The fourth-order valence-corrected chi connectivity index (χ4v) is 3.79. The molecule has 0 bridgehead atoms. The first-order valence-electron chi connectivity index (χ1n) is 9.15. The molecule has 7 nitrogen and oxygen atoms in total. The maximum Gasteiger partial charge on any atom is 0.233 e. The summed E-state index contributed by atoms with van der Waals surface area (Å²) in [5.74, 6) is 0.674. The lowest BCUT2D eigenvalue weighted by Gasteiger charge is -2.34. The summed E-state index contributed by atoms with van der Waals surface area (Å²) < 4.78 is 15.5. The largest absolute Gasteiger partial charge is 0.339 e. The summed E-state index contributed by atoms with van der Waals surface area (Å²) in [7, 11) is 0. The molecule has 0 saturated carbocycles. The molecule has 1 aromatic carbocycles. The quantitative estimate of drug-likeness (QED) is 0.671. The summed E-state index contributed by atoms with van der Waals surface area (Å²) in [5, 5.41) is 12.4. The third-order valence-electron chi connectivity index (χ3n) is 4.44. The van der Waals surface area contributed by atoms with Gasteiger partial charge in [-0.3, -0.25) is 9.69 Å². The van der Waals surface area contributed by atoms with E-state index < -0.39 is 0 Å². The van der Waals surface area contributed by atoms with E-state index >= 15 is 0 Å². The van der Waals surface area contributed by atoms with E-state index in [2.05, 4.69) is 34.3 Å². The van der Waals surface area contributed by atoms with Crippen molar-refractivity contribution in [3.05, 3.63) is 35.6 Å². The van der Waals surface area contributed by atoms with E-state index in [0.717, 1.165) is 19.6 Å². The Hall–Kier alpha value is -2.00. The van der Waals surface area contributed by atoms with Crippen molar-refractivity contribution in [3.8, 4) is 0 Å². The number of carbonyl (C=O) groups is 1. The molecule has 2 aromatic rings. The van der Waals surface area contributed by atoms with Crippen molar-refractivity contribution in [1.29, 1.82) is 0 Å². The number of hydrogen-bond acceptors (Lipinski definition) is 6. The minimum absolute atomic E-state index is 0.0876. The molecular weight excluding hydrogens is 367 g/mol. The van der Waals surface area contributed by atoms with Gasteiger partial charge in [0.15, 0.2) is 0 Å². The maximum absolute atomic E-state index is 13.8. The van der Waals surface area contributed by atoms with Gasteiger partial charge in [0, 0.05) is 44.8 Å². The van der Waals surface area contributed by atoms with Crippen LogP contribution in [0.3, 0.4) is 0 Å². The molecule has 1 fully saturated rings. The average molecular weight is 393 g/mol. The smallest absolute Gasteiger partial charge is 0.233 e. The Kier molecular flexibility index (Phi) is 6.78. The van der Waals surface area contributed by atoms with Gasteiger partial charge in [0.1, 0.15) is 5.82 Å². The van der Waals surface area contributed by atoms with Crippen LogP contribution >= 0.6 is 11.8 Å². The molecule has 2 heterocycles. The van der Waals surface area contributed by atoms with E-state index in [-0.39, 0.29) is 11.7 Å². The zero-order chi connectivity index (χ0) is 19.2. The van der Waals surface area contributed by atoms with Gasteiger partial charge in [0.2, 0.25) is 11.1 Å². The molecule has 0 unspecified atom stereocenters. The van der Waals surface area contributed by atoms with Crippen molar-refractivity contribution in [2.75, 3.05) is 31.9 Å². The molecule has 0 atom stereocenters. The summed E-state index contributed by atoms with van der Waals surface area (Å²) in [6.07, 6.45) is 0. The van der Waals surface area contributed by atoms with Gasteiger partial charge in [0.25, 0.3) is 0 Å². The fourth-order valence-electron chi connectivity index (χ4n) is 3.00. The minimum Gasteiger partial charge on any atom is -0.339 e. The summed E-state index contributed by atoms with van der Waals surface area (Å²) in [4.78, 5) is 16.5. The lowest BCUT2D eigenvalue weighted by molar-refractivity contribution is -0.130. The van der Waals surface area contributed by atoms with Gasteiger partial charge in [-0.25, -0.2) is 9.07 Å². The van der Waals surface area contributed by atoms with E-state index in [1.54, 1.807) is 10.7 Å². The van der Waals surface area contributed by atoms with Crippen molar-refractivity contribution in [3.63, 3.8) is 0 Å². The van der Waals surface area contributed by atoms with Crippen LogP contribution in [0.1, 0.15) is 19.4 Å². The number of halogens is 1. The van der Waals surface area contributed by atoms with Crippen LogP contribution in [0.25, 0.3) is 0 Å². The Bertz CT molecular complexity index is 760. The predicted molar refractivity (Wildman–Crippen MR) is 102 cm³/mol. The van der Waals surface area contributed by atoms with Crippen LogP contribution in [-0.4, -0.2) is 67.8 Å². The first kappa shape index (κ1) is 19.8. The molecule has 27 heavy (non-hydrogen) atoms. The van der Waals surface area contributed by atoms with Gasteiger partial charge >= 0.3 is 0 Å². The van der Waals surface area contributed by atoms with Crippen LogP contribution < -0.4 is 0 Å². The van der Waals surface area contributed by atoms with Crippen molar-refractivity contribution >= 4 is 17.7 Å². The lowest BCUT2D eigenvalue weighted by atomic mass is 10.2. The molecule has 0 spiro atoms. The predicted octanol–water partition coefficient (Wildman–Crippen LogP) is 1.90. The number of amides is 1. The molecular formula is C18H25FN6OS. The van der Waals surface area contributed by atoms with Gasteiger partial charge < -0.3 is 4.90 Å². The Morgan fingerprint density at radius 3 is 2.67 bits per heavy atom. The molecule has 0 radical (unpaired) electrons. The highest BCUT2D eigenvalue weighted by atomic mass is 32.2. The Balaban J connectivity index is 1.45. The van der Waals surface area contributed by atoms with Crippen LogP contribution in [0.4, 0.5) is 4.39 Å². The SMILES string of the molecule is CC(C)Cn1nnnc1SCC(=O)N1CCN(Cc2ccccc2F)CC1. The zero-order valence-electron chi connectivity index (χ0n) is 15.7. The molecule has 1 saturated heterocycles. The van der Waals surface area contributed by atoms with Crippen molar-refractivity contribution in [1.82, 2.24) is 30.0 Å². The van der Waals surface area contributed by atoms with Crippen LogP contribution in [-0.2, 0) is 17.9 Å². The number of piperazine rings is 1. The Morgan fingerprint density at radius 2 is 1.96 bits per heavy atom. The van der Waals surface area contributed by atoms with E-state index in [1.165, 1.54) is 17.8 Å². The number of tetrazole rings is 1. The lowest BCUT2D eigenvalue weighted by Crippen LogP contribution is -2.48. The molecule has 1 aliphatic rings. The molecule has 3 rings (SSSR count). The maximum atomic E-state index is 13.8. The van der Waals surface area contributed by atoms with Gasteiger partial charge in [0.05, 0.1) is 5.75 Å². The van der Waals surface area contributed by atoms with Gasteiger partial charge in [-0.15, -0.1) is 5.10 Å². The van der Waals surface area contributed by atoms with Gasteiger partial charge in [-0.1, -0.05) is 43.8 Å². The van der Waals surface area contributed by atoms with Crippen LogP contribution in [0.5, 0.6) is 0 Å². The Labute approximate surface area is 162 Å². The minimum atomic E-state index is -0.175. The molecule has 9 heteroatoms. The molecule has 0 N–H and O–H groups in total. The molecule has 1 amide bonds. The number of carbonyl (C=O) groups excluding carboxylic acids is 1. The second-order valence-electron chi connectivity index (χ2n) is 7.07. The number of nitrogens with zero attached hydrogens (tertiary/aromatic N) is 6. The summed E-state index contributed by atoms with van der Waals surface area (Å²) in [6.45, 7) is 8.32. The number of aromatic nitrogens is 4. The first-order chi connectivity index (χ1) is 13.0. The molecule has 1 aliphatic heterocycles. The van der Waals surface area contributed by atoms with E-state index in [0.29, 0.717) is 42.0 Å². The van der Waals surface area contributed by atoms with Crippen molar-refractivity contribution in [2.45, 2.75) is 32.1 Å². The standard InChI is InChI=1S/C18H25FN6OS/c1-14(2)11-25-18(20-21-22-25)27-13-17(26)24-9-7-23(8-10-24)12-15-5-3-4-6-16(15)19/h3-6,14H,7-13H2,1-2H3. The van der Waals surface area contributed by atoms with Gasteiger partial charge in [-0.05, 0) is 22.4 Å². The van der Waals surface area contributed by atoms with Gasteiger partial charge in [-0.2, -0.15) is 0 Å². The van der Waals surface area contributed by atoms with E-state index in [4.69, 9.17) is 0 Å².